The molecule has 20 heavy (non-hydrogen) atoms. The van der Waals surface area contributed by atoms with E-state index in [1.807, 2.05) is 11.0 Å². The molecule has 0 radical (unpaired) electrons. The van der Waals surface area contributed by atoms with Gasteiger partial charge in [0.15, 0.2) is 0 Å². The fraction of sp³-hybridized carbons (Fsp3) is 0.400. The monoisotopic (exact) mass is 271 g/mol. The number of nitrogens with zero attached hydrogens (tertiary/aromatic N) is 2. The maximum absolute atomic E-state index is 11.8. The zero-order valence-electron chi connectivity index (χ0n) is 11.3. The standard InChI is InChI=1S/C15H17N3O2/c16-11-12-4-1-5-13(10-12)17-14(19)6-2-8-18-9-3-7-15(18)20/h1,4-5,10H,2-3,6-9H2,(H,17,19). The van der Waals surface area contributed by atoms with E-state index in [-0.39, 0.29) is 11.8 Å². The summed E-state index contributed by atoms with van der Waals surface area (Å²) < 4.78 is 0. The Kier molecular flexibility index (Phi) is 4.72. The summed E-state index contributed by atoms with van der Waals surface area (Å²) in [5, 5.41) is 11.5. The van der Waals surface area contributed by atoms with Crippen LogP contribution in [0.25, 0.3) is 0 Å². The maximum atomic E-state index is 11.8. The van der Waals surface area contributed by atoms with Crippen molar-refractivity contribution in [3.05, 3.63) is 29.8 Å². The summed E-state index contributed by atoms with van der Waals surface area (Å²) in [6.07, 6.45) is 2.59. The Morgan fingerprint density at radius 1 is 1.45 bits per heavy atom. The number of carbonyl (C=O) groups is 2. The average molecular weight is 271 g/mol. The lowest BCUT2D eigenvalue weighted by Gasteiger charge is -2.14. The SMILES string of the molecule is N#Cc1cccc(NC(=O)CCCN2CCCC2=O)c1. The normalized spacial score (nSPS) is 14.2. The number of hydrogen-bond acceptors (Lipinski definition) is 3. The van der Waals surface area contributed by atoms with Gasteiger partial charge in [-0.2, -0.15) is 5.26 Å². The van der Waals surface area contributed by atoms with Crippen molar-refractivity contribution >= 4 is 17.5 Å². The molecule has 2 rings (SSSR count). The van der Waals surface area contributed by atoms with Crippen LogP contribution in [0.3, 0.4) is 0 Å². The lowest BCUT2D eigenvalue weighted by molar-refractivity contribution is -0.128. The third-order valence-corrected chi connectivity index (χ3v) is 3.28. The highest BCUT2D eigenvalue weighted by Gasteiger charge is 2.19. The van der Waals surface area contributed by atoms with Crippen molar-refractivity contribution in [2.24, 2.45) is 0 Å². The molecule has 1 heterocycles. The summed E-state index contributed by atoms with van der Waals surface area (Å²) in [4.78, 5) is 25.0. The predicted molar refractivity (Wildman–Crippen MR) is 74.8 cm³/mol. The van der Waals surface area contributed by atoms with E-state index in [2.05, 4.69) is 5.32 Å². The van der Waals surface area contributed by atoms with Crippen LogP contribution in [0.15, 0.2) is 24.3 Å². The van der Waals surface area contributed by atoms with E-state index in [0.29, 0.717) is 37.1 Å². The molecule has 104 valence electrons. The number of hydrogen-bond donors (Lipinski definition) is 1. The molecule has 2 amide bonds. The number of nitriles is 1. The minimum atomic E-state index is -0.0910. The first-order valence-corrected chi connectivity index (χ1v) is 6.77. The van der Waals surface area contributed by atoms with E-state index < -0.39 is 0 Å². The molecular weight excluding hydrogens is 254 g/mol. The molecule has 0 atom stereocenters. The summed E-state index contributed by atoms with van der Waals surface area (Å²) in [5.74, 6) is 0.0962. The van der Waals surface area contributed by atoms with E-state index in [1.165, 1.54) is 0 Å². The second-order valence-electron chi connectivity index (χ2n) is 4.83. The van der Waals surface area contributed by atoms with Crippen molar-refractivity contribution in [2.75, 3.05) is 18.4 Å². The van der Waals surface area contributed by atoms with Crippen LogP contribution in [0.4, 0.5) is 5.69 Å². The number of rotatable bonds is 5. The summed E-state index contributed by atoms with van der Waals surface area (Å²) in [6.45, 7) is 1.45. The molecule has 5 heteroatoms. The molecule has 1 aromatic rings. The van der Waals surface area contributed by atoms with Gasteiger partial charge in [-0.3, -0.25) is 9.59 Å². The summed E-state index contributed by atoms with van der Waals surface area (Å²) in [5.41, 5.74) is 1.15. The van der Waals surface area contributed by atoms with Crippen molar-refractivity contribution < 1.29 is 9.59 Å². The third-order valence-electron chi connectivity index (χ3n) is 3.28. The Morgan fingerprint density at radius 2 is 2.30 bits per heavy atom. The largest absolute Gasteiger partial charge is 0.343 e. The van der Waals surface area contributed by atoms with Gasteiger partial charge in [0.1, 0.15) is 0 Å². The molecule has 0 spiro atoms. The van der Waals surface area contributed by atoms with Gasteiger partial charge in [-0.15, -0.1) is 0 Å². The minimum absolute atomic E-state index is 0.0910. The molecule has 1 saturated heterocycles. The molecule has 0 aromatic heterocycles. The molecular formula is C15H17N3O2. The molecule has 0 bridgehead atoms. The fourth-order valence-corrected chi connectivity index (χ4v) is 2.26. The Hall–Kier alpha value is -2.35. The molecule has 1 aromatic carbocycles. The number of carbonyl (C=O) groups excluding carboxylic acids is 2. The van der Waals surface area contributed by atoms with Crippen LogP contribution in [0, 0.1) is 11.3 Å². The van der Waals surface area contributed by atoms with Gasteiger partial charge in [-0.05, 0) is 31.0 Å². The third kappa shape index (κ3) is 3.82. The van der Waals surface area contributed by atoms with Crippen LogP contribution >= 0.6 is 0 Å². The maximum Gasteiger partial charge on any atom is 0.224 e. The minimum Gasteiger partial charge on any atom is -0.343 e. The molecule has 1 fully saturated rings. The molecule has 0 saturated carbocycles. The van der Waals surface area contributed by atoms with E-state index in [0.717, 1.165) is 13.0 Å². The Balaban J connectivity index is 1.75. The smallest absolute Gasteiger partial charge is 0.224 e. The highest BCUT2D eigenvalue weighted by molar-refractivity contribution is 5.90. The van der Waals surface area contributed by atoms with Crippen LogP contribution in [-0.4, -0.2) is 29.8 Å². The topological polar surface area (TPSA) is 73.2 Å². The van der Waals surface area contributed by atoms with Gasteiger partial charge >= 0.3 is 0 Å². The fourth-order valence-electron chi connectivity index (χ4n) is 2.26. The van der Waals surface area contributed by atoms with E-state index in [9.17, 15) is 9.59 Å². The zero-order valence-corrected chi connectivity index (χ0v) is 11.3. The number of benzene rings is 1. The van der Waals surface area contributed by atoms with Crippen LogP contribution in [0.5, 0.6) is 0 Å². The van der Waals surface area contributed by atoms with E-state index in [4.69, 9.17) is 5.26 Å². The van der Waals surface area contributed by atoms with Gasteiger partial charge in [-0.25, -0.2) is 0 Å². The Morgan fingerprint density at radius 3 is 3.00 bits per heavy atom. The van der Waals surface area contributed by atoms with E-state index >= 15 is 0 Å². The second kappa shape index (κ2) is 6.71. The van der Waals surface area contributed by atoms with Crippen molar-refractivity contribution in [1.29, 1.82) is 5.26 Å². The molecule has 1 aliphatic rings. The molecule has 0 aliphatic carbocycles. The number of nitrogens with one attached hydrogen (secondary N) is 1. The second-order valence-corrected chi connectivity index (χ2v) is 4.83. The Bertz CT molecular complexity index is 548. The van der Waals surface area contributed by atoms with Crippen molar-refractivity contribution in [2.45, 2.75) is 25.7 Å². The van der Waals surface area contributed by atoms with Gasteiger partial charge in [0.25, 0.3) is 0 Å². The number of amides is 2. The van der Waals surface area contributed by atoms with Crippen molar-refractivity contribution in [1.82, 2.24) is 4.90 Å². The van der Waals surface area contributed by atoms with Crippen LogP contribution in [-0.2, 0) is 9.59 Å². The van der Waals surface area contributed by atoms with Crippen LogP contribution < -0.4 is 5.32 Å². The lowest BCUT2D eigenvalue weighted by Crippen LogP contribution is -2.26. The van der Waals surface area contributed by atoms with Gasteiger partial charge in [0, 0.05) is 31.6 Å². The van der Waals surface area contributed by atoms with Gasteiger partial charge in [0.05, 0.1) is 11.6 Å². The summed E-state index contributed by atoms with van der Waals surface area (Å²) in [7, 11) is 0. The van der Waals surface area contributed by atoms with Gasteiger partial charge in [-0.1, -0.05) is 6.07 Å². The lowest BCUT2D eigenvalue weighted by atomic mass is 10.2. The highest BCUT2D eigenvalue weighted by Crippen LogP contribution is 2.12. The van der Waals surface area contributed by atoms with Gasteiger partial charge in [0.2, 0.25) is 11.8 Å². The molecule has 1 N–H and O–H groups in total. The molecule has 0 unspecified atom stereocenters. The highest BCUT2D eigenvalue weighted by atomic mass is 16.2. The predicted octanol–water partition coefficient (Wildman–Crippen LogP) is 1.90. The Labute approximate surface area is 118 Å². The van der Waals surface area contributed by atoms with Crippen LogP contribution in [0.2, 0.25) is 0 Å². The molecule has 1 aliphatic heterocycles. The number of anilines is 1. The van der Waals surface area contributed by atoms with Crippen molar-refractivity contribution in [3.63, 3.8) is 0 Å². The average Bonchev–Trinajstić information content (AvgIpc) is 2.85. The van der Waals surface area contributed by atoms with Crippen LogP contribution in [0.1, 0.15) is 31.2 Å². The van der Waals surface area contributed by atoms with E-state index in [1.54, 1.807) is 24.3 Å². The first-order valence-electron chi connectivity index (χ1n) is 6.77. The quantitative estimate of drug-likeness (QED) is 0.888. The molecule has 5 nitrogen and oxygen atoms in total. The summed E-state index contributed by atoms with van der Waals surface area (Å²) in [6, 6.07) is 8.85. The summed E-state index contributed by atoms with van der Waals surface area (Å²) >= 11 is 0. The number of likely N-dealkylation sites (tertiary alicyclic amines) is 1. The first-order chi connectivity index (χ1) is 9.69. The van der Waals surface area contributed by atoms with Crippen molar-refractivity contribution in [3.8, 4) is 6.07 Å². The van der Waals surface area contributed by atoms with Gasteiger partial charge < -0.3 is 10.2 Å². The first kappa shape index (κ1) is 14.1. The zero-order chi connectivity index (χ0) is 14.4.